The molecule has 0 saturated carbocycles. The summed E-state index contributed by atoms with van der Waals surface area (Å²) in [7, 11) is 1.51. The molecule has 0 unspecified atom stereocenters. The summed E-state index contributed by atoms with van der Waals surface area (Å²) in [4.78, 5) is 11.1. The summed E-state index contributed by atoms with van der Waals surface area (Å²) in [6.07, 6.45) is 0.244. The SMILES string of the molecule is COc1c(C)cc(C)c(CC(C)=O)c1O. The van der Waals surface area contributed by atoms with Crippen LogP contribution < -0.4 is 4.74 Å². The van der Waals surface area contributed by atoms with Gasteiger partial charge in [0.15, 0.2) is 11.5 Å². The number of benzene rings is 1. The van der Waals surface area contributed by atoms with E-state index in [9.17, 15) is 9.90 Å². The summed E-state index contributed by atoms with van der Waals surface area (Å²) in [6, 6.07) is 1.91. The summed E-state index contributed by atoms with van der Waals surface area (Å²) in [6.45, 7) is 5.25. The Balaban J connectivity index is 3.32. The van der Waals surface area contributed by atoms with E-state index < -0.39 is 0 Å². The van der Waals surface area contributed by atoms with Crippen LogP contribution in [0.1, 0.15) is 23.6 Å². The Morgan fingerprint density at radius 2 is 2.00 bits per heavy atom. The summed E-state index contributed by atoms with van der Waals surface area (Å²) in [5, 5.41) is 9.92. The van der Waals surface area contributed by atoms with Crippen LogP contribution in [0.2, 0.25) is 0 Å². The minimum absolute atomic E-state index is 0.0271. The van der Waals surface area contributed by atoms with E-state index in [0.717, 1.165) is 11.1 Å². The Kier molecular flexibility index (Phi) is 3.35. The molecule has 0 aliphatic rings. The van der Waals surface area contributed by atoms with E-state index in [0.29, 0.717) is 11.3 Å². The molecule has 0 aliphatic carbocycles. The first kappa shape index (κ1) is 11.6. The number of methoxy groups -OCH3 is 1. The Bertz CT molecular complexity index is 394. The second-order valence-corrected chi connectivity index (χ2v) is 3.75. The summed E-state index contributed by atoms with van der Waals surface area (Å²) >= 11 is 0. The largest absolute Gasteiger partial charge is 0.504 e. The smallest absolute Gasteiger partial charge is 0.163 e. The molecule has 0 fully saturated rings. The monoisotopic (exact) mass is 208 g/mol. The number of phenolic OH excluding ortho intramolecular Hbond substituents is 1. The molecule has 0 amide bonds. The highest BCUT2D eigenvalue weighted by Gasteiger charge is 2.15. The number of aromatic hydroxyl groups is 1. The van der Waals surface area contributed by atoms with Gasteiger partial charge in [-0.3, -0.25) is 4.79 Å². The van der Waals surface area contributed by atoms with Crippen LogP contribution in [0.3, 0.4) is 0 Å². The Hall–Kier alpha value is -1.51. The van der Waals surface area contributed by atoms with Gasteiger partial charge >= 0.3 is 0 Å². The predicted molar refractivity (Wildman–Crippen MR) is 58.5 cm³/mol. The zero-order chi connectivity index (χ0) is 11.6. The lowest BCUT2D eigenvalue weighted by atomic mass is 9.99. The molecule has 1 N–H and O–H groups in total. The van der Waals surface area contributed by atoms with Crippen LogP contribution in [-0.2, 0) is 11.2 Å². The minimum Gasteiger partial charge on any atom is -0.504 e. The molecule has 0 spiro atoms. The standard InChI is InChI=1S/C12H16O3/c1-7-5-8(2)12(15-4)11(14)10(7)6-9(3)13/h5,14H,6H2,1-4H3. The van der Waals surface area contributed by atoms with Crippen LogP contribution >= 0.6 is 0 Å². The first-order chi connectivity index (χ1) is 6.97. The minimum atomic E-state index is 0.0271. The van der Waals surface area contributed by atoms with Gasteiger partial charge in [-0.1, -0.05) is 6.07 Å². The molecule has 82 valence electrons. The van der Waals surface area contributed by atoms with E-state index in [1.807, 2.05) is 19.9 Å². The molecule has 0 radical (unpaired) electrons. The first-order valence-corrected chi connectivity index (χ1v) is 4.82. The number of Topliss-reactive ketones (excluding diaryl/α,β-unsaturated/α-hetero) is 1. The lowest BCUT2D eigenvalue weighted by Crippen LogP contribution is -2.01. The summed E-state index contributed by atoms with van der Waals surface area (Å²) in [5.41, 5.74) is 2.45. The van der Waals surface area contributed by atoms with E-state index >= 15 is 0 Å². The highest BCUT2D eigenvalue weighted by Crippen LogP contribution is 2.35. The third-order valence-corrected chi connectivity index (χ3v) is 2.40. The molecule has 0 bridgehead atoms. The number of phenols is 1. The molecule has 1 aromatic rings. The zero-order valence-electron chi connectivity index (χ0n) is 9.55. The number of carbonyl (C=O) groups is 1. The van der Waals surface area contributed by atoms with Crippen LogP contribution in [0.25, 0.3) is 0 Å². The van der Waals surface area contributed by atoms with Crippen molar-refractivity contribution in [2.45, 2.75) is 27.2 Å². The second kappa shape index (κ2) is 4.34. The van der Waals surface area contributed by atoms with Crippen molar-refractivity contribution in [2.75, 3.05) is 7.11 Å². The average molecular weight is 208 g/mol. The second-order valence-electron chi connectivity index (χ2n) is 3.75. The molecule has 0 atom stereocenters. The fourth-order valence-corrected chi connectivity index (χ4v) is 1.72. The fraction of sp³-hybridized carbons (Fsp3) is 0.417. The predicted octanol–water partition coefficient (Wildman–Crippen LogP) is 2.15. The van der Waals surface area contributed by atoms with Crippen LogP contribution in [-0.4, -0.2) is 18.0 Å². The van der Waals surface area contributed by atoms with Gasteiger partial charge in [0.1, 0.15) is 5.78 Å². The van der Waals surface area contributed by atoms with Gasteiger partial charge in [0, 0.05) is 12.0 Å². The maximum absolute atomic E-state index is 11.1. The molecule has 0 aromatic heterocycles. The highest BCUT2D eigenvalue weighted by atomic mass is 16.5. The summed E-state index contributed by atoms with van der Waals surface area (Å²) < 4.78 is 5.09. The number of ether oxygens (including phenoxy) is 1. The topological polar surface area (TPSA) is 46.5 Å². The van der Waals surface area contributed by atoms with E-state index in [1.165, 1.54) is 14.0 Å². The van der Waals surface area contributed by atoms with Crippen molar-refractivity contribution in [1.82, 2.24) is 0 Å². The number of aryl methyl sites for hydroxylation is 2. The average Bonchev–Trinajstić information content (AvgIpc) is 2.12. The lowest BCUT2D eigenvalue weighted by molar-refractivity contribution is -0.116. The van der Waals surface area contributed by atoms with Crippen molar-refractivity contribution in [2.24, 2.45) is 0 Å². The molecule has 1 rings (SSSR count). The molecule has 0 aliphatic heterocycles. The fourth-order valence-electron chi connectivity index (χ4n) is 1.72. The van der Waals surface area contributed by atoms with Crippen LogP contribution in [0, 0.1) is 13.8 Å². The molecule has 15 heavy (non-hydrogen) atoms. The van der Waals surface area contributed by atoms with Gasteiger partial charge in [0.25, 0.3) is 0 Å². The van der Waals surface area contributed by atoms with Crippen LogP contribution in [0.5, 0.6) is 11.5 Å². The third kappa shape index (κ3) is 2.29. The first-order valence-electron chi connectivity index (χ1n) is 4.82. The van der Waals surface area contributed by atoms with Gasteiger partial charge in [0.05, 0.1) is 7.11 Å². The third-order valence-electron chi connectivity index (χ3n) is 2.40. The number of ketones is 1. The van der Waals surface area contributed by atoms with Crippen molar-refractivity contribution in [3.05, 3.63) is 22.8 Å². The molecular weight excluding hydrogens is 192 g/mol. The Labute approximate surface area is 89.7 Å². The molecule has 3 heteroatoms. The summed E-state index contributed by atoms with van der Waals surface area (Å²) in [5.74, 6) is 0.571. The van der Waals surface area contributed by atoms with Gasteiger partial charge in [-0.2, -0.15) is 0 Å². The maximum Gasteiger partial charge on any atom is 0.163 e. The quantitative estimate of drug-likeness (QED) is 0.827. The number of hydrogen-bond donors (Lipinski definition) is 1. The zero-order valence-corrected chi connectivity index (χ0v) is 9.55. The van der Waals surface area contributed by atoms with Crippen molar-refractivity contribution < 1.29 is 14.6 Å². The number of hydrogen-bond acceptors (Lipinski definition) is 3. The van der Waals surface area contributed by atoms with Gasteiger partial charge in [-0.15, -0.1) is 0 Å². The van der Waals surface area contributed by atoms with Gasteiger partial charge < -0.3 is 9.84 Å². The molecule has 0 heterocycles. The lowest BCUT2D eigenvalue weighted by Gasteiger charge is -2.13. The van der Waals surface area contributed by atoms with Crippen LogP contribution in [0.4, 0.5) is 0 Å². The highest BCUT2D eigenvalue weighted by molar-refractivity contribution is 5.80. The molecule has 0 saturated heterocycles. The molecular formula is C12H16O3. The number of carbonyl (C=O) groups excluding carboxylic acids is 1. The normalized spacial score (nSPS) is 10.1. The van der Waals surface area contributed by atoms with Crippen molar-refractivity contribution in [3.8, 4) is 11.5 Å². The number of rotatable bonds is 3. The maximum atomic E-state index is 11.1. The molecule has 1 aromatic carbocycles. The van der Waals surface area contributed by atoms with Gasteiger partial charge in [0.2, 0.25) is 0 Å². The van der Waals surface area contributed by atoms with Gasteiger partial charge in [-0.25, -0.2) is 0 Å². The van der Waals surface area contributed by atoms with Crippen molar-refractivity contribution in [3.63, 3.8) is 0 Å². The van der Waals surface area contributed by atoms with Gasteiger partial charge in [-0.05, 0) is 31.9 Å². The van der Waals surface area contributed by atoms with Crippen LogP contribution in [0.15, 0.2) is 6.07 Å². The van der Waals surface area contributed by atoms with E-state index in [2.05, 4.69) is 0 Å². The Morgan fingerprint density at radius 1 is 1.40 bits per heavy atom. The Morgan fingerprint density at radius 3 is 2.47 bits per heavy atom. The van der Waals surface area contributed by atoms with Crippen molar-refractivity contribution >= 4 is 5.78 Å². The van der Waals surface area contributed by atoms with E-state index in [4.69, 9.17) is 4.74 Å². The van der Waals surface area contributed by atoms with E-state index in [1.54, 1.807) is 0 Å². The van der Waals surface area contributed by atoms with Crippen molar-refractivity contribution in [1.29, 1.82) is 0 Å². The van der Waals surface area contributed by atoms with E-state index in [-0.39, 0.29) is 18.0 Å². The molecule has 3 nitrogen and oxygen atoms in total.